The lowest BCUT2D eigenvalue weighted by atomic mass is 9.98. The molecule has 0 spiro atoms. The van der Waals surface area contributed by atoms with Crippen molar-refractivity contribution < 1.29 is 29.2 Å². The largest absolute Gasteiger partial charge is 0.507 e. The molecule has 3 aromatic rings. The summed E-state index contributed by atoms with van der Waals surface area (Å²) in [4.78, 5) is 13.2. The van der Waals surface area contributed by atoms with Gasteiger partial charge in [-0.1, -0.05) is 0 Å². The van der Waals surface area contributed by atoms with Crippen LogP contribution in [0.3, 0.4) is 0 Å². The molecule has 7 heteroatoms. The third kappa shape index (κ3) is 2.63. The van der Waals surface area contributed by atoms with Crippen LogP contribution in [0.15, 0.2) is 39.7 Å². The lowest BCUT2D eigenvalue weighted by Gasteiger charge is -2.28. The average molecular weight is 382 g/mol. The number of hydrogen-bond acceptors (Lipinski definition) is 7. The van der Waals surface area contributed by atoms with Gasteiger partial charge in [0.15, 0.2) is 11.5 Å². The first-order valence-corrected chi connectivity index (χ1v) is 8.52. The highest BCUT2D eigenvalue weighted by Gasteiger charge is 2.27. The SMILES string of the molecule is COc1c2c(cc3occ(-c4cc(O)c(O)cc4O)c(=O)c13)OC(C)(C)C=C2. The minimum atomic E-state index is -0.513. The Morgan fingerprint density at radius 3 is 2.43 bits per heavy atom. The zero-order valence-corrected chi connectivity index (χ0v) is 15.4. The Labute approximate surface area is 159 Å². The van der Waals surface area contributed by atoms with E-state index in [1.165, 1.54) is 13.4 Å². The number of ether oxygens (including phenoxy) is 2. The standard InChI is InChI=1S/C21H18O7/c1-21(2)5-4-10-16(28-21)8-17-18(20(10)26-3)19(25)12(9-27-17)11-6-14(23)15(24)7-13(11)22/h4-9,22-24H,1-3H3. The van der Waals surface area contributed by atoms with Gasteiger partial charge in [0.25, 0.3) is 0 Å². The van der Waals surface area contributed by atoms with Gasteiger partial charge in [0, 0.05) is 17.7 Å². The molecular formula is C21H18O7. The van der Waals surface area contributed by atoms with Crippen molar-refractivity contribution in [3.8, 4) is 39.9 Å². The van der Waals surface area contributed by atoms with Crippen LogP contribution in [-0.2, 0) is 0 Å². The Bertz CT molecular complexity index is 1200. The van der Waals surface area contributed by atoms with Crippen molar-refractivity contribution in [1.82, 2.24) is 0 Å². The summed E-state index contributed by atoms with van der Waals surface area (Å²) in [5.74, 6) is -0.523. The highest BCUT2D eigenvalue weighted by Crippen LogP contribution is 2.43. The monoisotopic (exact) mass is 382 g/mol. The molecule has 1 aliphatic rings. The number of fused-ring (bicyclic) bond motifs is 2. The van der Waals surface area contributed by atoms with Gasteiger partial charge in [-0.25, -0.2) is 0 Å². The minimum absolute atomic E-state index is 0.0135. The van der Waals surface area contributed by atoms with E-state index in [0.717, 1.165) is 12.1 Å². The van der Waals surface area contributed by atoms with E-state index in [4.69, 9.17) is 13.9 Å². The van der Waals surface area contributed by atoms with E-state index >= 15 is 0 Å². The van der Waals surface area contributed by atoms with E-state index in [0.29, 0.717) is 11.3 Å². The van der Waals surface area contributed by atoms with Crippen LogP contribution in [0.25, 0.3) is 28.2 Å². The number of hydrogen-bond donors (Lipinski definition) is 3. The molecule has 0 saturated heterocycles. The maximum atomic E-state index is 13.2. The molecule has 0 amide bonds. The van der Waals surface area contributed by atoms with E-state index in [9.17, 15) is 20.1 Å². The molecule has 7 nitrogen and oxygen atoms in total. The van der Waals surface area contributed by atoms with Crippen LogP contribution in [0.2, 0.25) is 0 Å². The molecule has 0 fully saturated rings. The van der Waals surface area contributed by atoms with Crippen LogP contribution in [0.1, 0.15) is 19.4 Å². The average Bonchev–Trinajstić information content (AvgIpc) is 2.63. The van der Waals surface area contributed by atoms with E-state index < -0.39 is 22.5 Å². The second kappa shape index (κ2) is 5.95. The second-order valence-corrected chi connectivity index (χ2v) is 7.07. The van der Waals surface area contributed by atoms with Crippen molar-refractivity contribution in [1.29, 1.82) is 0 Å². The van der Waals surface area contributed by atoms with E-state index in [1.807, 2.05) is 26.0 Å². The molecule has 28 heavy (non-hydrogen) atoms. The predicted octanol–water partition coefficient (Wildman–Crippen LogP) is 3.77. The van der Waals surface area contributed by atoms with Crippen LogP contribution in [0, 0.1) is 0 Å². The van der Waals surface area contributed by atoms with E-state index in [1.54, 1.807) is 6.07 Å². The van der Waals surface area contributed by atoms with Gasteiger partial charge in [-0.3, -0.25) is 4.79 Å². The van der Waals surface area contributed by atoms with E-state index in [2.05, 4.69) is 0 Å². The van der Waals surface area contributed by atoms with Crippen molar-refractivity contribution in [2.75, 3.05) is 7.11 Å². The van der Waals surface area contributed by atoms with Crippen molar-refractivity contribution in [3.05, 3.63) is 46.3 Å². The molecule has 144 valence electrons. The molecule has 0 unspecified atom stereocenters. The highest BCUT2D eigenvalue weighted by atomic mass is 16.5. The van der Waals surface area contributed by atoms with Crippen LogP contribution in [0.5, 0.6) is 28.7 Å². The summed E-state index contributed by atoms with van der Waals surface area (Å²) in [5.41, 5.74) is -0.0615. The molecule has 0 atom stereocenters. The topological polar surface area (TPSA) is 109 Å². The summed E-state index contributed by atoms with van der Waals surface area (Å²) in [6.07, 6.45) is 4.87. The van der Waals surface area contributed by atoms with Gasteiger partial charge in [0.1, 0.15) is 40.1 Å². The minimum Gasteiger partial charge on any atom is -0.507 e. The number of phenols is 3. The first-order valence-electron chi connectivity index (χ1n) is 8.52. The Hall–Kier alpha value is -3.61. The first kappa shape index (κ1) is 17.8. The van der Waals surface area contributed by atoms with Crippen molar-refractivity contribution in [2.45, 2.75) is 19.4 Å². The van der Waals surface area contributed by atoms with Crippen molar-refractivity contribution >= 4 is 17.0 Å². The third-order valence-corrected chi connectivity index (χ3v) is 4.63. The van der Waals surface area contributed by atoms with Crippen LogP contribution in [0.4, 0.5) is 0 Å². The molecule has 0 aliphatic carbocycles. The molecule has 0 saturated carbocycles. The maximum Gasteiger partial charge on any atom is 0.204 e. The Morgan fingerprint density at radius 1 is 1.00 bits per heavy atom. The van der Waals surface area contributed by atoms with Gasteiger partial charge in [-0.15, -0.1) is 0 Å². The summed E-state index contributed by atoms with van der Waals surface area (Å²) in [7, 11) is 1.44. The highest BCUT2D eigenvalue weighted by molar-refractivity contribution is 5.93. The van der Waals surface area contributed by atoms with Gasteiger partial charge < -0.3 is 29.2 Å². The van der Waals surface area contributed by atoms with Gasteiger partial charge in [-0.05, 0) is 32.1 Å². The van der Waals surface area contributed by atoms with Gasteiger partial charge in [-0.2, -0.15) is 0 Å². The molecule has 2 aromatic carbocycles. The number of phenolic OH excluding ortho intramolecular Hbond substituents is 3. The lowest BCUT2D eigenvalue weighted by Crippen LogP contribution is -2.27. The van der Waals surface area contributed by atoms with Crippen LogP contribution < -0.4 is 14.9 Å². The predicted molar refractivity (Wildman–Crippen MR) is 103 cm³/mol. The summed E-state index contributed by atoms with van der Waals surface area (Å²) in [6.45, 7) is 3.81. The Morgan fingerprint density at radius 2 is 1.71 bits per heavy atom. The first-order chi connectivity index (χ1) is 13.2. The summed E-state index contributed by atoms with van der Waals surface area (Å²) < 4.78 is 17.1. The molecule has 1 aromatic heterocycles. The van der Waals surface area contributed by atoms with Gasteiger partial charge >= 0.3 is 0 Å². The van der Waals surface area contributed by atoms with Crippen LogP contribution >= 0.6 is 0 Å². The molecule has 2 heterocycles. The number of aromatic hydroxyl groups is 3. The van der Waals surface area contributed by atoms with Gasteiger partial charge in [0.2, 0.25) is 5.43 Å². The fourth-order valence-corrected chi connectivity index (χ4v) is 3.27. The fourth-order valence-electron chi connectivity index (χ4n) is 3.27. The summed E-state index contributed by atoms with van der Waals surface area (Å²) in [5, 5.41) is 29.6. The zero-order valence-electron chi connectivity index (χ0n) is 15.4. The molecule has 3 N–H and O–H groups in total. The third-order valence-electron chi connectivity index (χ3n) is 4.63. The molecular weight excluding hydrogens is 364 g/mol. The van der Waals surface area contributed by atoms with Crippen molar-refractivity contribution in [3.63, 3.8) is 0 Å². The van der Waals surface area contributed by atoms with E-state index in [-0.39, 0.29) is 33.6 Å². The zero-order chi connectivity index (χ0) is 20.2. The van der Waals surface area contributed by atoms with Gasteiger partial charge in [0.05, 0.1) is 18.2 Å². The second-order valence-electron chi connectivity index (χ2n) is 7.07. The Balaban J connectivity index is 2.03. The number of methoxy groups -OCH3 is 1. The molecule has 0 bridgehead atoms. The normalized spacial score (nSPS) is 14.5. The quantitative estimate of drug-likeness (QED) is 0.457. The molecule has 4 rings (SSSR count). The lowest BCUT2D eigenvalue weighted by molar-refractivity contribution is 0.158. The Kier molecular flexibility index (Phi) is 3.78. The molecule has 1 aliphatic heterocycles. The summed E-state index contributed by atoms with van der Waals surface area (Å²) >= 11 is 0. The van der Waals surface area contributed by atoms with Crippen LogP contribution in [-0.4, -0.2) is 28.0 Å². The fraction of sp³-hybridized carbons (Fsp3) is 0.190. The summed E-state index contributed by atoms with van der Waals surface area (Å²) in [6, 6.07) is 3.67. The van der Waals surface area contributed by atoms with Crippen molar-refractivity contribution in [2.24, 2.45) is 0 Å². The smallest absolute Gasteiger partial charge is 0.204 e. The maximum absolute atomic E-state index is 13.2. The molecule has 0 radical (unpaired) electrons. The number of rotatable bonds is 2. The number of benzene rings is 2.